The molecule has 0 aliphatic heterocycles. The fraction of sp³-hybridized carbons (Fsp3) is 0.350. The van der Waals surface area contributed by atoms with Crippen molar-refractivity contribution >= 4 is 41.5 Å². The van der Waals surface area contributed by atoms with E-state index in [1.54, 1.807) is 7.05 Å². The first-order valence-corrected chi connectivity index (χ1v) is 8.83. The number of nitrogens with zero attached hydrogens (tertiary/aromatic N) is 1. The lowest BCUT2D eigenvalue weighted by Crippen LogP contribution is -2.36. The molecule has 0 amide bonds. The second kappa shape index (κ2) is 12.1. The minimum absolute atomic E-state index is 0. The van der Waals surface area contributed by atoms with Gasteiger partial charge in [-0.2, -0.15) is 0 Å². The summed E-state index contributed by atoms with van der Waals surface area (Å²) in [6.45, 7) is 6.14. The molecule has 0 bridgehead atoms. The average molecular weight is 488 g/mol. The minimum Gasteiger partial charge on any atom is -0.374 e. The van der Waals surface area contributed by atoms with Gasteiger partial charge in [0.05, 0.1) is 12.7 Å². The fourth-order valence-electron chi connectivity index (χ4n) is 2.21. The predicted molar refractivity (Wildman–Crippen MR) is 120 cm³/mol. The van der Waals surface area contributed by atoms with Gasteiger partial charge < -0.3 is 15.4 Å². The molecule has 6 heteroatoms. The Kier molecular flexibility index (Phi) is 10.6. The molecule has 0 heterocycles. The van der Waals surface area contributed by atoms with Crippen molar-refractivity contribution in [3.8, 4) is 0 Å². The molecule has 0 radical (unpaired) electrons. The van der Waals surface area contributed by atoms with Crippen LogP contribution in [0.4, 0.5) is 0 Å². The van der Waals surface area contributed by atoms with Gasteiger partial charge >= 0.3 is 0 Å². The van der Waals surface area contributed by atoms with Crippen LogP contribution < -0.4 is 10.6 Å². The summed E-state index contributed by atoms with van der Waals surface area (Å²) in [6, 6.07) is 16.2. The Morgan fingerprint density at radius 3 is 1.85 bits per heavy atom. The smallest absolute Gasteiger partial charge is 0.191 e. The lowest BCUT2D eigenvalue weighted by molar-refractivity contribution is 0.0657. The molecule has 2 aromatic rings. The quantitative estimate of drug-likeness (QED) is 0.337. The molecule has 0 saturated heterocycles. The normalized spacial score (nSPS) is 11.2. The van der Waals surface area contributed by atoms with Gasteiger partial charge in [-0.1, -0.05) is 48.0 Å². The van der Waals surface area contributed by atoms with Gasteiger partial charge in [0, 0.05) is 25.2 Å². The van der Waals surface area contributed by atoms with Gasteiger partial charge in [-0.15, -0.1) is 24.0 Å². The lowest BCUT2D eigenvalue weighted by atomic mass is 10.1. The number of hydrogen-bond acceptors (Lipinski definition) is 2. The molecule has 0 aliphatic rings. The Morgan fingerprint density at radius 2 is 1.38 bits per heavy atom. The van der Waals surface area contributed by atoms with Gasteiger partial charge in [0.2, 0.25) is 0 Å². The van der Waals surface area contributed by atoms with Gasteiger partial charge in [-0.05, 0) is 42.7 Å². The van der Waals surface area contributed by atoms with E-state index in [9.17, 15) is 0 Å². The number of benzene rings is 2. The van der Waals surface area contributed by atoms with Crippen molar-refractivity contribution in [1.29, 1.82) is 0 Å². The van der Waals surface area contributed by atoms with Gasteiger partial charge in [-0.3, -0.25) is 4.99 Å². The molecule has 0 saturated carbocycles. The molecule has 0 fully saturated rings. The standard InChI is InChI=1S/C20H26ClN3O.HI/c1-15(2)25-14-18-6-4-16(5-7-18)12-23-20(22-3)24-13-17-8-10-19(21)11-9-17;/h4-11,15H,12-14H2,1-3H3,(H2,22,23,24);1H. The van der Waals surface area contributed by atoms with E-state index in [0.29, 0.717) is 19.7 Å². The fourth-order valence-corrected chi connectivity index (χ4v) is 2.34. The number of nitrogens with one attached hydrogen (secondary N) is 2. The summed E-state index contributed by atoms with van der Waals surface area (Å²) in [7, 11) is 1.77. The molecular weight excluding hydrogens is 461 g/mol. The molecule has 0 aliphatic carbocycles. The van der Waals surface area contributed by atoms with Crippen molar-refractivity contribution in [2.75, 3.05) is 7.05 Å². The van der Waals surface area contributed by atoms with Crippen LogP contribution in [0.3, 0.4) is 0 Å². The largest absolute Gasteiger partial charge is 0.374 e. The number of ether oxygens (including phenoxy) is 1. The van der Waals surface area contributed by atoms with E-state index in [1.807, 2.05) is 38.1 Å². The highest BCUT2D eigenvalue weighted by molar-refractivity contribution is 14.0. The summed E-state index contributed by atoms with van der Waals surface area (Å²) in [6.07, 6.45) is 0.247. The molecule has 2 aromatic carbocycles. The van der Waals surface area contributed by atoms with E-state index < -0.39 is 0 Å². The van der Waals surface area contributed by atoms with Crippen molar-refractivity contribution in [3.05, 3.63) is 70.2 Å². The van der Waals surface area contributed by atoms with E-state index in [0.717, 1.165) is 16.5 Å². The zero-order chi connectivity index (χ0) is 18.1. The van der Waals surface area contributed by atoms with E-state index in [4.69, 9.17) is 16.3 Å². The maximum atomic E-state index is 5.90. The average Bonchev–Trinajstić information content (AvgIpc) is 2.62. The molecule has 142 valence electrons. The third-order valence-electron chi connectivity index (χ3n) is 3.66. The lowest BCUT2D eigenvalue weighted by Gasteiger charge is -2.13. The molecule has 0 atom stereocenters. The van der Waals surface area contributed by atoms with Crippen LogP contribution in [0.1, 0.15) is 30.5 Å². The monoisotopic (exact) mass is 487 g/mol. The molecule has 2 N–H and O–H groups in total. The highest BCUT2D eigenvalue weighted by Gasteiger charge is 2.01. The number of aliphatic imine (C=N–C) groups is 1. The van der Waals surface area contributed by atoms with Gasteiger partial charge in [-0.25, -0.2) is 0 Å². The van der Waals surface area contributed by atoms with Crippen LogP contribution in [0.25, 0.3) is 0 Å². The van der Waals surface area contributed by atoms with E-state index in [1.165, 1.54) is 11.1 Å². The summed E-state index contributed by atoms with van der Waals surface area (Å²) in [4.78, 5) is 4.25. The second-order valence-corrected chi connectivity index (χ2v) is 6.52. The molecule has 26 heavy (non-hydrogen) atoms. The minimum atomic E-state index is 0. The Hall–Kier alpha value is -1.31. The molecular formula is C20H27ClIN3O. The van der Waals surface area contributed by atoms with Crippen molar-refractivity contribution in [3.63, 3.8) is 0 Å². The van der Waals surface area contributed by atoms with Crippen molar-refractivity contribution < 1.29 is 4.74 Å². The maximum Gasteiger partial charge on any atom is 0.191 e. The van der Waals surface area contributed by atoms with Crippen LogP contribution in [0, 0.1) is 0 Å². The Balaban J connectivity index is 0.00000338. The van der Waals surface area contributed by atoms with Gasteiger partial charge in [0.15, 0.2) is 5.96 Å². The van der Waals surface area contributed by atoms with E-state index in [2.05, 4.69) is 39.9 Å². The molecule has 4 nitrogen and oxygen atoms in total. The highest BCUT2D eigenvalue weighted by Crippen LogP contribution is 2.09. The Morgan fingerprint density at radius 1 is 0.923 bits per heavy atom. The summed E-state index contributed by atoms with van der Waals surface area (Å²) >= 11 is 5.90. The van der Waals surface area contributed by atoms with Crippen LogP contribution >= 0.6 is 35.6 Å². The first-order chi connectivity index (χ1) is 12.1. The third kappa shape index (κ3) is 8.38. The molecule has 0 spiro atoms. The van der Waals surface area contributed by atoms with Crippen molar-refractivity contribution in [2.45, 2.75) is 39.6 Å². The zero-order valence-corrected chi connectivity index (χ0v) is 18.5. The Bertz CT molecular complexity index is 672. The van der Waals surface area contributed by atoms with E-state index in [-0.39, 0.29) is 30.1 Å². The van der Waals surface area contributed by atoms with Gasteiger partial charge in [0.1, 0.15) is 0 Å². The van der Waals surface area contributed by atoms with Crippen LogP contribution in [-0.4, -0.2) is 19.1 Å². The predicted octanol–water partition coefficient (Wildman–Crippen LogP) is 4.75. The van der Waals surface area contributed by atoms with Crippen LogP contribution in [0.5, 0.6) is 0 Å². The number of hydrogen-bond donors (Lipinski definition) is 2. The number of halogens is 2. The third-order valence-corrected chi connectivity index (χ3v) is 3.92. The highest BCUT2D eigenvalue weighted by atomic mass is 127. The number of guanidine groups is 1. The van der Waals surface area contributed by atoms with Crippen LogP contribution in [0.15, 0.2) is 53.5 Å². The summed E-state index contributed by atoms with van der Waals surface area (Å²) in [5.41, 5.74) is 3.53. The first-order valence-electron chi connectivity index (χ1n) is 8.45. The van der Waals surface area contributed by atoms with Crippen molar-refractivity contribution in [1.82, 2.24) is 10.6 Å². The zero-order valence-electron chi connectivity index (χ0n) is 15.5. The topological polar surface area (TPSA) is 45.7 Å². The van der Waals surface area contributed by atoms with Crippen LogP contribution in [0.2, 0.25) is 5.02 Å². The summed E-state index contributed by atoms with van der Waals surface area (Å²) < 4.78 is 5.61. The molecule has 2 rings (SSSR count). The summed E-state index contributed by atoms with van der Waals surface area (Å²) in [5, 5.41) is 7.36. The first kappa shape index (κ1) is 22.7. The maximum absolute atomic E-state index is 5.90. The SMILES string of the molecule is CN=C(NCc1ccc(Cl)cc1)NCc1ccc(COC(C)C)cc1.I. The molecule has 0 aromatic heterocycles. The Labute approximate surface area is 178 Å². The summed E-state index contributed by atoms with van der Waals surface area (Å²) in [5.74, 6) is 0.766. The van der Waals surface area contributed by atoms with Crippen molar-refractivity contribution in [2.24, 2.45) is 4.99 Å². The van der Waals surface area contributed by atoms with E-state index >= 15 is 0 Å². The molecule has 0 unspecified atom stereocenters. The second-order valence-electron chi connectivity index (χ2n) is 6.08. The number of rotatable bonds is 7. The van der Waals surface area contributed by atoms with Gasteiger partial charge in [0.25, 0.3) is 0 Å². The van der Waals surface area contributed by atoms with Crippen LogP contribution in [-0.2, 0) is 24.4 Å².